The molecule has 0 aromatic rings. The Bertz CT molecular complexity index is 269. The predicted molar refractivity (Wildman–Crippen MR) is 73.4 cm³/mol. The van der Waals surface area contributed by atoms with Crippen LogP contribution in [0.15, 0.2) is 0 Å². The van der Waals surface area contributed by atoms with Crippen molar-refractivity contribution in [3.8, 4) is 0 Å². The van der Waals surface area contributed by atoms with Crippen molar-refractivity contribution in [2.75, 3.05) is 19.6 Å². The molecule has 1 amide bonds. The van der Waals surface area contributed by atoms with Gasteiger partial charge in [0.15, 0.2) is 0 Å². The summed E-state index contributed by atoms with van der Waals surface area (Å²) in [5.41, 5.74) is -0.633. The quantitative estimate of drug-likeness (QED) is 0.781. The molecule has 2 N–H and O–H groups in total. The van der Waals surface area contributed by atoms with Gasteiger partial charge in [0.2, 0.25) is 5.91 Å². The lowest BCUT2D eigenvalue weighted by molar-refractivity contribution is -0.129. The van der Waals surface area contributed by atoms with Crippen LogP contribution < -0.4 is 5.32 Å². The molecule has 4 nitrogen and oxygen atoms in total. The highest BCUT2D eigenvalue weighted by Crippen LogP contribution is 2.17. The lowest BCUT2D eigenvalue weighted by atomic mass is 9.93. The lowest BCUT2D eigenvalue weighted by Gasteiger charge is -2.34. The molecule has 1 aliphatic rings. The number of rotatable bonds is 5. The molecule has 18 heavy (non-hydrogen) atoms. The summed E-state index contributed by atoms with van der Waals surface area (Å²) < 4.78 is 0. The standard InChI is InChI=1S/C14H28N2O2/c1-11(2)9-14(4,18)10-15-13-5-7-16(8-6-13)12(3)17/h11,13,15,18H,5-10H2,1-4H3. The van der Waals surface area contributed by atoms with Crippen LogP contribution in [0.4, 0.5) is 0 Å². The zero-order chi connectivity index (χ0) is 13.8. The van der Waals surface area contributed by atoms with E-state index in [0.29, 0.717) is 18.5 Å². The summed E-state index contributed by atoms with van der Waals surface area (Å²) in [6.45, 7) is 10.1. The molecule has 1 fully saturated rings. The summed E-state index contributed by atoms with van der Waals surface area (Å²) in [4.78, 5) is 13.1. The first-order chi connectivity index (χ1) is 8.30. The number of likely N-dealkylation sites (tertiary alicyclic amines) is 1. The third kappa shape index (κ3) is 5.36. The Balaban J connectivity index is 2.27. The fourth-order valence-corrected chi connectivity index (χ4v) is 2.71. The molecule has 0 aromatic carbocycles. The van der Waals surface area contributed by atoms with Gasteiger partial charge in [0.25, 0.3) is 0 Å². The average Bonchev–Trinajstić information content (AvgIpc) is 2.25. The number of amides is 1. The van der Waals surface area contributed by atoms with Crippen LogP contribution in [-0.4, -0.2) is 47.2 Å². The van der Waals surface area contributed by atoms with Crippen LogP contribution in [0.2, 0.25) is 0 Å². The maximum atomic E-state index is 11.2. The Morgan fingerprint density at radius 2 is 2.00 bits per heavy atom. The zero-order valence-corrected chi connectivity index (χ0v) is 12.2. The summed E-state index contributed by atoms with van der Waals surface area (Å²) in [6.07, 6.45) is 2.78. The normalized spacial score (nSPS) is 21.1. The molecule has 0 aliphatic carbocycles. The summed E-state index contributed by atoms with van der Waals surface area (Å²) in [7, 11) is 0. The van der Waals surface area contributed by atoms with Crippen LogP contribution >= 0.6 is 0 Å². The summed E-state index contributed by atoms with van der Waals surface area (Å²) in [5, 5.41) is 13.7. The van der Waals surface area contributed by atoms with Gasteiger partial charge < -0.3 is 15.3 Å². The van der Waals surface area contributed by atoms with Gasteiger partial charge in [0.05, 0.1) is 5.60 Å². The molecule has 1 rings (SSSR count). The highest BCUT2D eigenvalue weighted by atomic mass is 16.3. The van der Waals surface area contributed by atoms with Gasteiger partial charge in [-0.05, 0) is 32.1 Å². The van der Waals surface area contributed by atoms with Crippen molar-refractivity contribution < 1.29 is 9.90 Å². The van der Waals surface area contributed by atoms with Crippen LogP contribution in [0, 0.1) is 5.92 Å². The second-order valence-corrected chi connectivity index (χ2v) is 6.26. The van der Waals surface area contributed by atoms with E-state index >= 15 is 0 Å². The van der Waals surface area contributed by atoms with Crippen molar-refractivity contribution in [1.82, 2.24) is 10.2 Å². The molecule has 1 atom stereocenters. The highest BCUT2D eigenvalue weighted by Gasteiger charge is 2.25. The smallest absolute Gasteiger partial charge is 0.219 e. The molecule has 1 saturated heterocycles. The Hall–Kier alpha value is -0.610. The molecule has 1 aliphatic heterocycles. The number of hydrogen-bond donors (Lipinski definition) is 2. The number of carbonyl (C=O) groups excluding carboxylic acids is 1. The maximum absolute atomic E-state index is 11.2. The maximum Gasteiger partial charge on any atom is 0.219 e. The second-order valence-electron chi connectivity index (χ2n) is 6.26. The van der Waals surface area contributed by atoms with Crippen LogP contribution in [0.1, 0.15) is 47.0 Å². The number of piperidine rings is 1. The monoisotopic (exact) mass is 256 g/mol. The Labute approximate surface area is 111 Å². The zero-order valence-electron chi connectivity index (χ0n) is 12.2. The highest BCUT2D eigenvalue weighted by molar-refractivity contribution is 5.73. The molecule has 0 aromatic heterocycles. The Kier molecular flexibility index (Phi) is 5.60. The van der Waals surface area contributed by atoms with Crippen molar-refractivity contribution in [2.45, 2.75) is 58.6 Å². The lowest BCUT2D eigenvalue weighted by Crippen LogP contribution is -2.48. The number of hydrogen-bond acceptors (Lipinski definition) is 3. The summed E-state index contributed by atoms with van der Waals surface area (Å²) in [5.74, 6) is 0.668. The van der Waals surface area contributed by atoms with Crippen molar-refractivity contribution in [2.24, 2.45) is 5.92 Å². The van der Waals surface area contributed by atoms with E-state index in [2.05, 4.69) is 19.2 Å². The first-order valence-electron chi connectivity index (χ1n) is 7.01. The largest absolute Gasteiger partial charge is 0.389 e. The fourth-order valence-electron chi connectivity index (χ4n) is 2.71. The summed E-state index contributed by atoms with van der Waals surface area (Å²) in [6, 6.07) is 0.430. The Morgan fingerprint density at radius 3 is 2.44 bits per heavy atom. The van der Waals surface area contributed by atoms with E-state index in [1.54, 1.807) is 6.92 Å². The minimum Gasteiger partial charge on any atom is -0.389 e. The second kappa shape index (κ2) is 6.53. The SMILES string of the molecule is CC(=O)N1CCC(NCC(C)(O)CC(C)C)CC1. The van der Waals surface area contributed by atoms with E-state index in [-0.39, 0.29) is 5.91 Å². The van der Waals surface area contributed by atoms with Crippen LogP contribution in [-0.2, 0) is 4.79 Å². The first-order valence-corrected chi connectivity index (χ1v) is 7.01. The van der Waals surface area contributed by atoms with Crippen LogP contribution in [0.5, 0.6) is 0 Å². The summed E-state index contributed by atoms with van der Waals surface area (Å²) >= 11 is 0. The van der Waals surface area contributed by atoms with Gasteiger partial charge in [-0.1, -0.05) is 13.8 Å². The average molecular weight is 256 g/mol. The topological polar surface area (TPSA) is 52.6 Å². The Morgan fingerprint density at radius 1 is 1.44 bits per heavy atom. The first kappa shape index (κ1) is 15.4. The van der Waals surface area contributed by atoms with E-state index in [1.165, 1.54) is 0 Å². The molecule has 106 valence electrons. The van der Waals surface area contributed by atoms with E-state index < -0.39 is 5.60 Å². The minimum atomic E-state index is -0.633. The van der Waals surface area contributed by atoms with Gasteiger partial charge in [-0.3, -0.25) is 4.79 Å². The van der Waals surface area contributed by atoms with Gasteiger partial charge in [-0.2, -0.15) is 0 Å². The van der Waals surface area contributed by atoms with Gasteiger partial charge in [-0.15, -0.1) is 0 Å². The van der Waals surface area contributed by atoms with E-state index in [9.17, 15) is 9.90 Å². The fraction of sp³-hybridized carbons (Fsp3) is 0.929. The molecule has 0 radical (unpaired) electrons. The predicted octanol–water partition coefficient (Wildman–Crippen LogP) is 1.38. The number of nitrogens with one attached hydrogen (secondary N) is 1. The molecular weight excluding hydrogens is 228 g/mol. The third-order valence-corrected chi connectivity index (χ3v) is 3.56. The van der Waals surface area contributed by atoms with Gasteiger partial charge in [0, 0.05) is 32.6 Å². The van der Waals surface area contributed by atoms with Gasteiger partial charge in [-0.25, -0.2) is 0 Å². The molecule has 1 unspecified atom stereocenters. The third-order valence-electron chi connectivity index (χ3n) is 3.56. The van der Waals surface area contributed by atoms with Crippen LogP contribution in [0.25, 0.3) is 0 Å². The van der Waals surface area contributed by atoms with Crippen LogP contribution in [0.3, 0.4) is 0 Å². The number of aliphatic hydroxyl groups is 1. The molecule has 1 heterocycles. The molecule has 0 bridgehead atoms. The van der Waals surface area contributed by atoms with Gasteiger partial charge in [0.1, 0.15) is 0 Å². The minimum absolute atomic E-state index is 0.167. The molecule has 0 saturated carbocycles. The number of carbonyl (C=O) groups is 1. The molecule has 4 heteroatoms. The van der Waals surface area contributed by atoms with Crippen molar-refractivity contribution in [3.05, 3.63) is 0 Å². The van der Waals surface area contributed by atoms with Crippen molar-refractivity contribution in [1.29, 1.82) is 0 Å². The molecular formula is C14H28N2O2. The number of nitrogens with zero attached hydrogens (tertiary/aromatic N) is 1. The van der Waals surface area contributed by atoms with E-state index in [4.69, 9.17) is 0 Å². The molecule has 0 spiro atoms. The van der Waals surface area contributed by atoms with Gasteiger partial charge >= 0.3 is 0 Å². The van der Waals surface area contributed by atoms with E-state index in [1.807, 2.05) is 11.8 Å². The van der Waals surface area contributed by atoms with E-state index in [0.717, 1.165) is 32.4 Å². The van der Waals surface area contributed by atoms with Crippen molar-refractivity contribution >= 4 is 5.91 Å². The van der Waals surface area contributed by atoms with Crippen molar-refractivity contribution in [3.63, 3.8) is 0 Å².